The Morgan fingerprint density at radius 2 is 1.16 bits per heavy atom. The number of aliphatic carboxylic acids is 2. The van der Waals surface area contributed by atoms with E-state index in [0.29, 0.717) is 13.1 Å². The van der Waals surface area contributed by atoms with Crippen LogP contribution in [0.3, 0.4) is 0 Å². The number of carboxylic acids is 2. The van der Waals surface area contributed by atoms with Gasteiger partial charge in [0.05, 0.1) is 12.8 Å². The minimum atomic E-state index is -0.762. The number of hydrogen-bond acceptors (Lipinski definition) is 5. The van der Waals surface area contributed by atoms with Crippen LogP contribution in [0.15, 0.2) is 0 Å². The second-order valence-electron chi connectivity index (χ2n) is 8.85. The van der Waals surface area contributed by atoms with Gasteiger partial charge in [0.2, 0.25) is 11.1 Å². The lowest BCUT2D eigenvalue weighted by Crippen LogP contribution is -2.39. The number of carbonyl (C=O) groups is 4. The predicted octanol–water partition coefficient (Wildman–Crippen LogP) is 3.69. The van der Waals surface area contributed by atoms with Crippen molar-refractivity contribution in [3.05, 3.63) is 0 Å². The molecule has 0 aromatic rings. The summed E-state index contributed by atoms with van der Waals surface area (Å²) < 4.78 is 0. The quantitative estimate of drug-likeness (QED) is 0.421. The third-order valence-electron chi connectivity index (χ3n) is 6.03. The maximum atomic E-state index is 10.9. The van der Waals surface area contributed by atoms with Gasteiger partial charge in [0.25, 0.3) is 0 Å². The van der Waals surface area contributed by atoms with E-state index in [2.05, 4.69) is 16.9 Å². The molecule has 0 spiro atoms. The number of nitrogens with one attached hydrogen (secondary N) is 1. The molecule has 31 heavy (non-hydrogen) atoms. The first kappa shape index (κ1) is 29.3. The van der Waals surface area contributed by atoms with Gasteiger partial charge < -0.3 is 21.3 Å². The Morgan fingerprint density at radius 3 is 1.48 bits per heavy atom. The lowest BCUT2D eigenvalue weighted by molar-refractivity contribution is -0.141. The number of carboxylic acid groups (broad SMARTS) is 2. The maximum absolute atomic E-state index is 10.9. The van der Waals surface area contributed by atoms with E-state index in [1.54, 1.807) is 0 Å². The summed E-state index contributed by atoms with van der Waals surface area (Å²) in [6, 6.07) is 0. The Hall–Kier alpha value is -1.67. The molecular weight excluding hydrogens is 424 g/mol. The van der Waals surface area contributed by atoms with E-state index in [9.17, 15) is 19.2 Å². The number of nitrogens with two attached hydrogens (primary N) is 1. The SMILES string of the molecule is CC(=O)Cl.CC(=O)NCC1(CC(=O)O)CCCCC1.NCC1(CC(=O)O)CCCCC1. The summed E-state index contributed by atoms with van der Waals surface area (Å²) >= 11 is 4.64. The smallest absolute Gasteiger partial charge is 0.303 e. The van der Waals surface area contributed by atoms with E-state index in [0.717, 1.165) is 51.4 Å². The summed E-state index contributed by atoms with van der Waals surface area (Å²) in [6.45, 7) is 3.80. The number of hydrogen-bond donors (Lipinski definition) is 4. The fourth-order valence-corrected chi connectivity index (χ4v) is 4.43. The maximum Gasteiger partial charge on any atom is 0.303 e. The van der Waals surface area contributed by atoms with Gasteiger partial charge in [0.15, 0.2) is 0 Å². The van der Waals surface area contributed by atoms with Gasteiger partial charge in [0.1, 0.15) is 0 Å². The summed E-state index contributed by atoms with van der Waals surface area (Å²) in [5.74, 6) is -1.55. The summed E-state index contributed by atoms with van der Waals surface area (Å²) in [4.78, 5) is 41.4. The standard InChI is InChI=1S/C11H19NO3.C9H17NO2.C2H3ClO/c1-9(13)12-8-11(7-10(14)15)5-3-2-4-6-11;10-7-9(6-8(11)12)4-2-1-3-5-9;1-2(3)4/h2-8H2,1H3,(H,12,13)(H,14,15);1-7,10H2,(H,11,12);1H3. The highest BCUT2D eigenvalue weighted by Crippen LogP contribution is 2.39. The molecule has 2 saturated carbocycles. The zero-order chi connectivity index (χ0) is 23.9. The molecule has 8 nitrogen and oxygen atoms in total. The van der Waals surface area contributed by atoms with Crippen LogP contribution in [-0.4, -0.2) is 46.4 Å². The van der Waals surface area contributed by atoms with Crippen LogP contribution in [0, 0.1) is 10.8 Å². The number of halogens is 1. The van der Waals surface area contributed by atoms with Gasteiger partial charge in [-0.05, 0) is 54.7 Å². The van der Waals surface area contributed by atoms with E-state index in [-0.39, 0.29) is 34.8 Å². The van der Waals surface area contributed by atoms with Gasteiger partial charge in [-0.15, -0.1) is 0 Å². The predicted molar refractivity (Wildman–Crippen MR) is 120 cm³/mol. The fraction of sp³-hybridized carbons (Fsp3) is 0.818. The molecule has 0 atom stereocenters. The van der Waals surface area contributed by atoms with Crippen molar-refractivity contribution in [1.82, 2.24) is 5.32 Å². The molecule has 2 rings (SSSR count). The first-order chi connectivity index (χ1) is 14.5. The molecule has 9 heteroatoms. The largest absolute Gasteiger partial charge is 0.481 e. The highest BCUT2D eigenvalue weighted by atomic mass is 35.5. The third-order valence-corrected chi connectivity index (χ3v) is 6.03. The molecule has 2 aliphatic rings. The monoisotopic (exact) mass is 462 g/mol. The fourth-order valence-electron chi connectivity index (χ4n) is 4.43. The van der Waals surface area contributed by atoms with Gasteiger partial charge in [0, 0.05) is 20.4 Å². The molecule has 1 amide bonds. The zero-order valence-corrected chi connectivity index (χ0v) is 19.6. The number of carbonyl (C=O) groups excluding carboxylic acids is 2. The van der Waals surface area contributed by atoms with Crippen molar-refractivity contribution >= 4 is 34.7 Å². The molecule has 180 valence electrons. The van der Waals surface area contributed by atoms with Crippen molar-refractivity contribution in [2.75, 3.05) is 13.1 Å². The first-order valence-corrected chi connectivity index (χ1v) is 11.4. The lowest BCUT2D eigenvalue weighted by Gasteiger charge is -2.36. The zero-order valence-electron chi connectivity index (χ0n) is 18.9. The van der Waals surface area contributed by atoms with Crippen LogP contribution in [0.2, 0.25) is 0 Å². The normalized spacial score (nSPS) is 18.8. The van der Waals surface area contributed by atoms with Crippen molar-refractivity contribution in [2.45, 2.75) is 90.9 Å². The summed E-state index contributed by atoms with van der Waals surface area (Å²) in [5, 5.41) is 20.0. The van der Waals surface area contributed by atoms with Crippen molar-refractivity contribution < 1.29 is 29.4 Å². The Kier molecular flexibility index (Phi) is 14.4. The van der Waals surface area contributed by atoms with Gasteiger partial charge in [-0.3, -0.25) is 19.2 Å². The Labute approximate surface area is 190 Å². The average molecular weight is 463 g/mol. The number of rotatable bonds is 7. The van der Waals surface area contributed by atoms with Gasteiger partial charge in [-0.25, -0.2) is 0 Å². The van der Waals surface area contributed by atoms with Crippen LogP contribution in [0.1, 0.15) is 90.9 Å². The van der Waals surface area contributed by atoms with Gasteiger partial charge in [-0.2, -0.15) is 0 Å². The Bertz CT molecular complexity index is 581. The van der Waals surface area contributed by atoms with Crippen molar-refractivity contribution in [2.24, 2.45) is 16.6 Å². The van der Waals surface area contributed by atoms with E-state index in [4.69, 9.17) is 15.9 Å². The highest BCUT2D eigenvalue weighted by Gasteiger charge is 2.34. The molecule has 2 fully saturated rings. The molecule has 0 radical (unpaired) electrons. The number of amides is 1. The second kappa shape index (κ2) is 15.2. The minimum absolute atomic E-state index is 0.0784. The van der Waals surface area contributed by atoms with Crippen LogP contribution in [0.5, 0.6) is 0 Å². The average Bonchev–Trinajstić information content (AvgIpc) is 2.67. The van der Waals surface area contributed by atoms with Crippen LogP contribution >= 0.6 is 11.6 Å². The molecule has 0 aliphatic heterocycles. The van der Waals surface area contributed by atoms with E-state index >= 15 is 0 Å². The van der Waals surface area contributed by atoms with Crippen molar-refractivity contribution in [1.29, 1.82) is 0 Å². The van der Waals surface area contributed by atoms with Crippen LogP contribution < -0.4 is 11.1 Å². The van der Waals surface area contributed by atoms with E-state index in [1.807, 2.05) is 0 Å². The second-order valence-corrected chi connectivity index (χ2v) is 9.38. The molecular formula is C22H39ClN2O6. The van der Waals surface area contributed by atoms with Crippen molar-refractivity contribution in [3.63, 3.8) is 0 Å². The van der Waals surface area contributed by atoms with Crippen LogP contribution in [0.25, 0.3) is 0 Å². The summed E-state index contributed by atoms with van der Waals surface area (Å²) in [5.41, 5.74) is 5.35. The van der Waals surface area contributed by atoms with E-state index in [1.165, 1.54) is 26.7 Å². The molecule has 0 bridgehead atoms. The molecule has 0 aromatic heterocycles. The molecule has 0 aromatic carbocycles. The Morgan fingerprint density at radius 1 is 0.806 bits per heavy atom. The minimum Gasteiger partial charge on any atom is -0.481 e. The molecule has 0 heterocycles. The van der Waals surface area contributed by atoms with Crippen LogP contribution in [-0.2, 0) is 19.2 Å². The third kappa shape index (κ3) is 14.1. The first-order valence-electron chi connectivity index (χ1n) is 11.0. The van der Waals surface area contributed by atoms with Crippen molar-refractivity contribution in [3.8, 4) is 0 Å². The summed E-state index contributed by atoms with van der Waals surface area (Å²) in [7, 11) is 0. The molecule has 2 aliphatic carbocycles. The Balaban J connectivity index is 0.000000504. The van der Waals surface area contributed by atoms with Gasteiger partial charge >= 0.3 is 11.9 Å². The van der Waals surface area contributed by atoms with Gasteiger partial charge in [-0.1, -0.05) is 38.5 Å². The molecule has 0 saturated heterocycles. The highest BCUT2D eigenvalue weighted by molar-refractivity contribution is 6.62. The summed E-state index contributed by atoms with van der Waals surface area (Å²) in [6.07, 6.45) is 11.1. The van der Waals surface area contributed by atoms with E-state index < -0.39 is 11.9 Å². The lowest BCUT2D eigenvalue weighted by atomic mass is 9.71. The molecule has 0 unspecified atom stereocenters. The molecule has 5 N–H and O–H groups in total. The topological polar surface area (TPSA) is 147 Å². The van der Waals surface area contributed by atoms with Crippen LogP contribution in [0.4, 0.5) is 0 Å².